The van der Waals surface area contributed by atoms with Crippen molar-refractivity contribution in [3.63, 3.8) is 0 Å². The van der Waals surface area contributed by atoms with E-state index in [2.05, 4.69) is 63.7 Å². The van der Waals surface area contributed by atoms with Crippen molar-refractivity contribution in [2.45, 2.75) is 39.4 Å². The standard InChI is InChI=1S/C20H30N6/c1-4-21-20(23-14-19-9-11-24-25(19)3)22-13-16(2)26-12-10-17-7-5-6-8-18(17)15-26/h5-9,11,16H,4,10,12-15H2,1-3H3,(H2,21,22,23). The van der Waals surface area contributed by atoms with Gasteiger partial charge in [0.2, 0.25) is 0 Å². The fourth-order valence-corrected chi connectivity index (χ4v) is 3.33. The van der Waals surface area contributed by atoms with Gasteiger partial charge in [0.1, 0.15) is 0 Å². The molecule has 6 nitrogen and oxygen atoms in total. The molecule has 6 heteroatoms. The molecule has 2 heterocycles. The normalized spacial score (nSPS) is 16.2. The highest BCUT2D eigenvalue weighted by atomic mass is 15.3. The van der Waals surface area contributed by atoms with Crippen LogP contribution in [0.15, 0.2) is 41.5 Å². The van der Waals surface area contributed by atoms with E-state index in [9.17, 15) is 0 Å². The van der Waals surface area contributed by atoms with Crippen LogP contribution in [0.5, 0.6) is 0 Å². The third kappa shape index (κ3) is 4.64. The van der Waals surface area contributed by atoms with Crippen LogP contribution in [0.3, 0.4) is 0 Å². The molecule has 0 bridgehead atoms. The van der Waals surface area contributed by atoms with Gasteiger partial charge in [0.05, 0.1) is 12.2 Å². The molecular weight excluding hydrogens is 324 g/mol. The minimum absolute atomic E-state index is 0.448. The number of aromatic nitrogens is 2. The second kappa shape index (κ2) is 8.85. The Kier molecular flexibility index (Phi) is 6.28. The minimum atomic E-state index is 0.448. The van der Waals surface area contributed by atoms with E-state index in [0.29, 0.717) is 12.6 Å². The Morgan fingerprint density at radius 3 is 2.77 bits per heavy atom. The zero-order valence-electron chi connectivity index (χ0n) is 16.1. The zero-order valence-corrected chi connectivity index (χ0v) is 16.1. The van der Waals surface area contributed by atoms with Gasteiger partial charge in [-0.2, -0.15) is 5.10 Å². The molecular formula is C20H30N6. The van der Waals surface area contributed by atoms with Gasteiger partial charge >= 0.3 is 0 Å². The van der Waals surface area contributed by atoms with E-state index in [1.165, 1.54) is 11.1 Å². The molecule has 1 aliphatic rings. The van der Waals surface area contributed by atoms with Crippen LogP contribution in [-0.2, 0) is 26.6 Å². The first-order valence-corrected chi connectivity index (χ1v) is 9.47. The lowest BCUT2D eigenvalue weighted by molar-refractivity contribution is 0.191. The Bertz CT molecular complexity index is 735. The summed E-state index contributed by atoms with van der Waals surface area (Å²) in [5, 5.41) is 11.0. The SMILES string of the molecule is CCNC(=NCc1ccnn1C)NCC(C)N1CCc2ccccc2C1. The van der Waals surface area contributed by atoms with E-state index >= 15 is 0 Å². The molecule has 1 unspecified atom stereocenters. The number of nitrogens with zero attached hydrogens (tertiary/aromatic N) is 4. The number of benzene rings is 1. The second-order valence-corrected chi connectivity index (χ2v) is 6.86. The molecule has 1 aromatic heterocycles. The molecule has 2 N–H and O–H groups in total. The first-order chi connectivity index (χ1) is 12.7. The van der Waals surface area contributed by atoms with Gasteiger partial charge in [0, 0.05) is 45.5 Å². The third-order valence-corrected chi connectivity index (χ3v) is 5.01. The van der Waals surface area contributed by atoms with Crippen molar-refractivity contribution >= 4 is 5.96 Å². The van der Waals surface area contributed by atoms with Crippen molar-refractivity contribution in [1.29, 1.82) is 0 Å². The fraction of sp³-hybridized carbons (Fsp3) is 0.500. The Hall–Kier alpha value is -2.34. The molecule has 3 rings (SSSR count). The highest BCUT2D eigenvalue weighted by Gasteiger charge is 2.20. The van der Waals surface area contributed by atoms with Crippen LogP contribution < -0.4 is 10.6 Å². The molecule has 1 aromatic carbocycles. The van der Waals surface area contributed by atoms with E-state index in [-0.39, 0.29) is 0 Å². The molecule has 26 heavy (non-hydrogen) atoms. The number of rotatable bonds is 6. The highest BCUT2D eigenvalue weighted by molar-refractivity contribution is 5.79. The molecule has 0 aliphatic carbocycles. The lowest BCUT2D eigenvalue weighted by Gasteiger charge is -2.34. The molecule has 0 spiro atoms. The van der Waals surface area contributed by atoms with Crippen LogP contribution in [0.25, 0.3) is 0 Å². The number of aliphatic imine (C=N–C) groups is 1. The molecule has 2 aromatic rings. The van der Waals surface area contributed by atoms with Gasteiger partial charge in [-0.25, -0.2) is 4.99 Å². The Balaban J connectivity index is 1.54. The van der Waals surface area contributed by atoms with Gasteiger partial charge in [0.15, 0.2) is 5.96 Å². The maximum atomic E-state index is 4.68. The number of aryl methyl sites for hydroxylation is 1. The van der Waals surface area contributed by atoms with Gasteiger partial charge in [-0.15, -0.1) is 0 Å². The molecule has 1 aliphatic heterocycles. The average molecular weight is 355 g/mol. The van der Waals surface area contributed by atoms with Crippen LogP contribution >= 0.6 is 0 Å². The van der Waals surface area contributed by atoms with Crippen molar-refractivity contribution in [3.05, 3.63) is 53.3 Å². The van der Waals surface area contributed by atoms with E-state index in [4.69, 9.17) is 0 Å². The number of guanidine groups is 1. The number of nitrogens with one attached hydrogen (secondary N) is 2. The first kappa shape index (κ1) is 18.5. The molecule has 0 saturated carbocycles. The monoisotopic (exact) mass is 354 g/mol. The van der Waals surface area contributed by atoms with E-state index < -0.39 is 0 Å². The Morgan fingerprint density at radius 2 is 2.04 bits per heavy atom. The summed E-state index contributed by atoms with van der Waals surface area (Å²) in [6.45, 7) is 8.86. The van der Waals surface area contributed by atoms with Crippen molar-refractivity contribution < 1.29 is 0 Å². The number of hydrogen-bond acceptors (Lipinski definition) is 3. The lowest BCUT2D eigenvalue weighted by atomic mass is 9.99. The maximum absolute atomic E-state index is 4.68. The van der Waals surface area contributed by atoms with Gasteiger partial charge in [-0.3, -0.25) is 9.58 Å². The lowest BCUT2D eigenvalue weighted by Crippen LogP contribution is -2.47. The predicted octanol–water partition coefficient (Wildman–Crippen LogP) is 1.92. The average Bonchev–Trinajstić information content (AvgIpc) is 3.08. The molecule has 1 atom stereocenters. The van der Waals surface area contributed by atoms with Crippen molar-refractivity contribution in [1.82, 2.24) is 25.3 Å². The van der Waals surface area contributed by atoms with E-state index in [1.807, 2.05) is 24.0 Å². The highest BCUT2D eigenvalue weighted by Crippen LogP contribution is 2.19. The Morgan fingerprint density at radius 1 is 1.23 bits per heavy atom. The zero-order chi connectivity index (χ0) is 18.4. The van der Waals surface area contributed by atoms with E-state index in [0.717, 1.165) is 44.3 Å². The minimum Gasteiger partial charge on any atom is -0.357 e. The van der Waals surface area contributed by atoms with E-state index in [1.54, 1.807) is 0 Å². The topological polar surface area (TPSA) is 57.5 Å². The molecule has 0 fully saturated rings. The summed E-state index contributed by atoms with van der Waals surface area (Å²) < 4.78 is 1.86. The number of fused-ring (bicyclic) bond motifs is 1. The van der Waals surface area contributed by atoms with Gasteiger partial charge in [-0.1, -0.05) is 24.3 Å². The van der Waals surface area contributed by atoms with Crippen LogP contribution in [0, 0.1) is 0 Å². The van der Waals surface area contributed by atoms with Crippen LogP contribution in [0.1, 0.15) is 30.7 Å². The van der Waals surface area contributed by atoms with Crippen molar-refractivity contribution in [2.24, 2.45) is 12.0 Å². The quantitative estimate of drug-likeness (QED) is 0.615. The summed E-state index contributed by atoms with van der Waals surface area (Å²) in [7, 11) is 1.95. The van der Waals surface area contributed by atoms with Gasteiger partial charge in [0.25, 0.3) is 0 Å². The van der Waals surface area contributed by atoms with Crippen LogP contribution in [-0.4, -0.2) is 46.3 Å². The maximum Gasteiger partial charge on any atom is 0.191 e. The van der Waals surface area contributed by atoms with Crippen molar-refractivity contribution in [2.75, 3.05) is 19.6 Å². The summed E-state index contributed by atoms with van der Waals surface area (Å²) in [5.41, 5.74) is 4.06. The second-order valence-electron chi connectivity index (χ2n) is 6.86. The summed E-state index contributed by atoms with van der Waals surface area (Å²) in [4.78, 5) is 7.23. The molecule has 140 valence electrons. The predicted molar refractivity (Wildman–Crippen MR) is 106 cm³/mol. The molecule has 0 saturated heterocycles. The fourth-order valence-electron chi connectivity index (χ4n) is 3.33. The Labute approximate surface area is 156 Å². The molecule has 0 amide bonds. The largest absolute Gasteiger partial charge is 0.357 e. The third-order valence-electron chi connectivity index (χ3n) is 5.01. The summed E-state index contributed by atoms with van der Waals surface area (Å²) >= 11 is 0. The van der Waals surface area contributed by atoms with Crippen molar-refractivity contribution in [3.8, 4) is 0 Å². The summed E-state index contributed by atoms with van der Waals surface area (Å²) in [6.07, 6.45) is 2.94. The van der Waals surface area contributed by atoms with Crippen LogP contribution in [0.2, 0.25) is 0 Å². The summed E-state index contributed by atoms with van der Waals surface area (Å²) in [5.74, 6) is 0.859. The van der Waals surface area contributed by atoms with Crippen LogP contribution in [0.4, 0.5) is 0 Å². The molecule has 0 radical (unpaired) electrons. The summed E-state index contributed by atoms with van der Waals surface area (Å²) in [6, 6.07) is 11.2. The van der Waals surface area contributed by atoms with Gasteiger partial charge in [-0.05, 0) is 37.5 Å². The first-order valence-electron chi connectivity index (χ1n) is 9.47. The van der Waals surface area contributed by atoms with Gasteiger partial charge < -0.3 is 10.6 Å². The number of hydrogen-bond donors (Lipinski definition) is 2. The smallest absolute Gasteiger partial charge is 0.191 e.